The Labute approximate surface area is 109 Å². The van der Waals surface area contributed by atoms with Gasteiger partial charge in [0, 0.05) is 6.20 Å². The number of hydrogen-bond acceptors (Lipinski definition) is 5. The van der Waals surface area contributed by atoms with E-state index in [0.29, 0.717) is 17.3 Å². The standard InChI is InChI=1S/C12H14N4O3/c1-7(17)10(12(18)19)16-8(2)14-15-11(16)9-5-3-4-6-13-9/h3-7,10,17H,1-2H3,(H,18,19). The molecule has 100 valence electrons. The Morgan fingerprint density at radius 2 is 2.11 bits per heavy atom. The summed E-state index contributed by atoms with van der Waals surface area (Å²) in [5.74, 6) is -0.407. The quantitative estimate of drug-likeness (QED) is 0.839. The number of aryl methyl sites for hydroxylation is 1. The van der Waals surface area contributed by atoms with Crippen molar-refractivity contribution in [3.8, 4) is 11.5 Å². The van der Waals surface area contributed by atoms with Gasteiger partial charge in [-0.25, -0.2) is 4.79 Å². The lowest BCUT2D eigenvalue weighted by Gasteiger charge is -2.19. The second-order valence-electron chi connectivity index (χ2n) is 4.18. The van der Waals surface area contributed by atoms with Crippen LogP contribution in [0.2, 0.25) is 0 Å². The van der Waals surface area contributed by atoms with Crippen molar-refractivity contribution in [1.82, 2.24) is 19.7 Å². The van der Waals surface area contributed by atoms with E-state index in [-0.39, 0.29) is 0 Å². The van der Waals surface area contributed by atoms with Crippen LogP contribution < -0.4 is 0 Å². The molecular weight excluding hydrogens is 248 g/mol. The highest BCUT2D eigenvalue weighted by atomic mass is 16.4. The molecule has 2 N–H and O–H groups in total. The molecule has 19 heavy (non-hydrogen) atoms. The summed E-state index contributed by atoms with van der Waals surface area (Å²) in [4.78, 5) is 15.4. The highest BCUT2D eigenvalue weighted by Crippen LogP contribution is 2.23. The summed E-state index contributed by atoms with van der Waals surface area (Å²) in [6.45, 7) is 3.05. The zero-order valence-corrected chi connectivity index (χ0v) is 10.6. The summed E-state index contributed by atoms with van der Waals surface area (Å²) >= 11 is 0. The minimum atomic E-state index is -1.15. The van der Waals surface area contributed by atoms with Crippen LogP contribution in [-0.4, -0.2) is 42.0 Å². The molecule has 2 aromatic rings. The molecule has 0 aliphatic rings. The Balaban J connectivity index is 2.57. The number of hydrogen-bond donors (Lipinski definition) is 2. The van der Waals surface area contributed by atoms with E-state index >= 15 is 0 Å². The van der Waals surface area contributed by atoms with E-state index in [2.05, 4.69) is 15.2 Å². The lowest BCUT2D eigenvalue weighted by atomic mass is 10.1. The molecule has 0 aromatic carbocycles. The molecule has 0 aliphatic heterocycles. The smallest absolute Gasteiger partial charge is 0.329 e. The van der Waals surface area contributed by atoms with Gasteiger partial charge >= 0.3 is 5.97 Å². The molecule has 0 spiro atoms. The monoisotopic (exact) mass is 262 g/mol. The van der Waals surface area contributed by atoms with Gasteiger partial charge in [-0.15, -0.1) is 10.2 Å². The normalized spacial score (nSPS) is 14.1. The predicted octanol–water partition coefficient (Wildman–Crippen LogP) is 0.655. The van der Waals surface area contributed by atoms with Gasteiger partial charge in [0.1, 0.15) is 11.5 Å². The van der Waals surface area contributed by atoms with Crippen molar-refractivity contribution in [2.45, 2.75) is 26.0 Å². The zero-order chi connectivity index (χ0) is 14.0. The van der Waals surface area contributed by atoms with Crippen LogP contribution in [0.5, 0.6) is 0 Å². The summed E-state index contributed by atoms with van der Waals surface area (Å²) in [6.07, 6.45) is 0.511. The number of pyridine rings is 1. The first-order valence-electron chi connectivity index (χ1n) is 5.76. The maximum Gasteiger partial charge on any atom is 0.329 e. The molecule has 0 bridgehead atoms. The molecule has 0 fully saturated rings. The third kappa shape index (κ3) is 2.45. The molecule has 2 heterocycles. The number of carboxylic acid groups (broad SMARTS) is 1. The minimum absolute atomic E-state index is 0.325. The van der Waals surface area contributed by atoms with Crippen LogP contribution in [0, 0.1) is 6.92 Å². The predicted molar refractivity (Wildman–Crippen MR) is 66.3 cm³/mol. The summed E-state index contributed by atoms with van der Waals surface area (Å²) in [5.41, 5.74) is 0.509. The van der Waals surface area contributed by atoms with Crippen LogP contribution in [0.3, 0.4) is 0 Å². The van der Waals surface area contributed by atoms with Gasteiger partial charge in [0.15, 0.2) is 11.9 Å². The number of aliphatic hydroxyl groups excluding tert-OH is 1. The van der Waals surface area contributed by atoms with E-state index in [0.717, 1.165) is 0 Å². The third-order valence-corrected chi connectivity index (χ3v) is 2.75. The Morgan fingerprint density at radius 3 is 2.63 bits per heavy atom. The molecule has 0 saturated carbocycles. The first kappa shape index (κ1) is 13.2. The summed E-state index contributed by atoms with van der Waals surface area (Å²) in [5, 5.41) is 26.8. The van der Waals surface area contributed by atoms with Crippen molar-refractivity contribution in [1.29, 1.82) is 0 Å². The first-order chi connectivity index (χ1) is 9.02. The number of carbonyl (C=O) groups is 1. The Bertz CT molecular complexity index is 580. The molecular formula is C12H14N4O3. The van der Waals surface area contributed by atoms with Gasteiger partial charge in [0.25, 0.3) is 0 Å². The fraction of sp³-hybridized carbons (Fsp3) is 0.333. The van der Waals surface area contributed by atoms with E-state index in [1.807, 2.05) is 0 Å². The third-order valence-electron chi connectivity index (χ3n) is 2.75. The molecule has 0 amide bonds. The van der Waals surface area contributed by atoms with Gasteiger partial charge in [-0.05, 0) is 26.0 Å². The van der Waals surface area contributed by atoms with Crippen LogP contribution in [0.25, 0.3) is 11.5 Å². The van der Waals surface area contributed by atoms with E-state index in [1.165, 1.54) is 11.5 Å². The largest absolute Gasteiger partial charge is 0.480 e. The fourth-order valence-corrected chi connectivity index (χ4v) is 1.90. The van der Waals surface area contributed by atoms with Crippen LogP contribution in [0.1, 0.15) is 18.8 Å². The summed E-state index contributed by atoms with van der Waals surface area (Å²) in [6, 6.07) is 4.09. The second kappa shape index (κ2) is 5.15. The number of rotatable bonds is 4. The average molecular weight is 262 g/mol. The van der Waals surface area contributed by atoms with Gasteiger partial charge < -0.3 is 10.2 Å². The number of carboxylic acids is 1. The second-order valence-corrected chi connectivity index (χ2v) is 4.18. The number of nitrogens with zero attached hydrogens (tertiary/aromatic N) is 4. The maximum absolute atomic E-state index is 11.3. The SMILES string of the molecule is Cc1nnc(-c2ccccn2)n1C(C(=O)O)C(C)O. The lowest BCUT2D eigenvalue weighted by molar-refractivity contribution is -0.144. The van der Waals surface area contributed by atoms with Crippen LogP contribution >= 0.6 is 0 Å². The first-order valence-corrected chi connectivity index (χ1v) is 5.76. The topological polar surface area (TPSA) is 101 Å². The molecule has 2 rings (SSSR count). The molecule has 0 saturated heterocycles. The van der Waals surface area contributed by atoms with E-state index < -0.39 is 18.1 Å². The average Bonchev–Trinajstić information content (AvgIpc) is 2.72. The van der Waals surface area contributed by atoms with Gasteiger partial charge in [-0.3, -0.25) is 9.55 Å². The lowest BCUT2D eigenvalue weighted by Crippen LogP contribution is -2.30. The Morgan fingerprint density at radius 1 is 1.37 bits per heavy atom. The molecule has 0 radical (unpaired) electrons. The molecule has 2 unspecified atom stereocenters. The molecule has 7 heteroatoms. The molecule has 0 aliphatic carbocycles. The van der Waals surface area contributed by atoms with Gasteiger partial charge in [-0.2, -0.15) is 0 Å². The van der Waals surface area contributed by atoms with Gasteiger partial charge in [0.05, 0.1) is 6.10 Å². The maximum atomic E-state index is 11.3. The highest BCUT2D eigenvalue weighted by Gasteiger charge is 2.30. The van der Waals surface area contributed by atoms with Crippen molar-refractivity contribution in [2.24, 2.45) is 0 Å². The minimum Gasteiger partial charge on any atom is -0.480 e. The van der Waals surface area contributed by atoms with Crippen molar-refractivity contribution >= 4 is 5.97 Å². The van der Waals surface area contributed by atoms with Gasteiger partial charge in [-0.1, -0.05) is 6.07 Å². The van der Waals surface area contributed by atoms with Crippen molar-refractivity contribution in [3.63, 3.8) is 0 Å². The van der Waals surface area contributed by atoms with E-state index in [9.17, 15) is 15.0 Å². The number of aromatic nitrogens is 4. The van der Waals surface area contributed by atoms with Crippen molar-refractivity contribution in [2.75, 3.05) is 0 Å². The molecule has 2 aromatic heterocycles. The fourth-order valence-electron chi connectivity index (χ4n) is 1.90. The van der Waals surface area contributed by atoms with E-state index in [4.69, 9.17) is 0 Å². The number of aliphatic carboxylic acids is 1. The molecule has 2 atom stereocenters. The number of aliphatic hydroxyl groups is 1. The zero-order valence-electron chi connectivity index (χ0n) is 10.6. The van der Waals surface area contributed by atoms with Crippen molar-refractivity contribution < 1.29 is 15.0 Å². The Hall–Kier alpha value is -2.28. The summed E-state index contributed by atoms with van der Waals surface area (Å²) < 4.78 is 1.38. The Kier molecular flexibility index (Phi) is 3.57. The van der Waals surface area contributed by atoms with E-state index in [1.54, 1.807) is 31.3 Å². The van der Waals surface area contributed by atoms with Crippen LogP contribution in [-0.2, 0) is 4.79 Å². The van der Waals surface area contributed by atoms with Crippen LogP contribution in [0.4, 0.5) is 0 Å². The van der Waals surface area contributed by atoms with Gasteiger partial charge in [0.2, 0.25) is 0 Å². The highest BCUT2D eigenvalue weighted by molar-refractivity contribution is 5.73. The molecule has 7 nitrogen and oxygen atoms in total. The van der Waals surface area contributed by atoms with Crippen LogP contribution in [0.15, 0.2) is 24.4 Å². The summed E-state index contributed by atoms with van der Waals surface area (Å²) in [7, 11) is 0. The van der Waals surface area contributed by atoms with Crippen molar-refractivity contribution in [3.05, 3.63) is 30.2 Å².